The van der Waals surface area contributed by atoms with Crippen molar-refractivity contribution in [1.29, 1.82) is 0 Å². The van der Waals surface area contributed by atoms with Crippen LogP contribution in [-0.2, 0) is 15.9 Å². The van der Waals surface area contributed by atoms with Crippen molar-refractivity contribution in [1.82, 2.24) is 0 Å². The zero-order valence-electron chi connectivity index (χ0n) is 20.7. The van der Waals surface area contributed by atoms with Crippen LogP contribution in [0.5, 0.6) is 0 Å². The molecule has 4 heteroatoms. The minimum Gasteiger partial charge on any atom is -0.501 e. The third-order valence-electron chi connectivity index (χ3n) is 5.98. The molecule has 1 N–H and O–H groups in total. The minimum absolute atomic E-state index is 0.0806. The molecule has 3 rings (SSSR count). The average Bonchev–Trinajstić information content (AvgIpc) is 2.81. The van der Waals surface area contributed by atoms with Gasteiger partial charge in [0.05, 0.1) is 25.4 Å². The number of rotatable bonds is 9. The molecule has 0 radical (unpaired) electrons. The number of nitrogens with one attached hydrogen (secondary N) is 1. The maximum absolute atomic E-state index is 14.2. The Morgan fingerprint density at radius 2 is 1.88 bits per heavy atom. The van der Waals surface area contributed by atoms with Gasteiger partial charge in [0, 0.05) is 16.8 Å². The van der Waals surface area contributed by atoms with E-state index in [0.29, 0.717) is 18.8 Å². The molecule has 3 nitrogen and oxygen atoms in total. The van der Waals surface area contributed by atoms with Gasteiger partial charge in [-0.05, 0) is 75.4 Å². The molecule has 176 valence electrons. The van der Waals surface area contributed by atoms with Crippen molar-refractivity contribution in [2.45, 2.75) is 59.1 Å². The highest BCUT2D eigenvalue weighted by Crippen LogP contribution is 2.38. The molecule has 2 aromatic carbocycles. The molecule has 0 saturated heterocycles. The van der Waals surface area contributed by atoms with Gasteiger partial charge in [0.2, 0.25) is 0 Å². The van der Waals surface area contributed by atoms with Crippen LogP contribution in [0.2, 0.25) is 0 Å². The predicted molar refractivity (Wildman–Crippen MR) is 137 cm³/mol. The second-order valence-electron chi connectivity index (χ2n) is 9.07. The topological polar surface area (TPSA) is 30.5 Å². The van der Waals surface area contributed by atoms with Crippen LogP contribution in [0.1, 0.15) is 57.7 Å². The van der Waals surface area contributed by atoms with E-state index >= 15 is 0 Å². The number of hydrogen-bond acceptors (Lipinski definition) is 3. The van der Waals surface area contributed by atoms with Crippen molar-refractivity contribution in [2.24, 2.45) is 0 Å². The summed E-state index contributed by atoms with van der Waals surface area (Å²) in [6, 6.07) is 16.6. The number of ether oxygens (including phenoxy) is 2. The monoisotopic (exact) mass is 449 g/mol. The van der Waals surface area contributed by atoms with Crippen LogP contribution in [0.25, 0.3) is 11.1 Å². The number of hydrogen-bond donors (Lipinski definition) is 1. The Balaban J connectivity index is 1.92. The van der Waals surface area contributed by atoms with Crippen molar-refractivity contribution in [3.63, 3.8) is 0 Å². The molecule has 0 amide bonds. The molecule has 0 aliphatic carbocycles. The summed E-state index contributed by atoms with van der Waals surface area (Å²) in [5, 5.41) is 3.60. The number of methoxy groups -OCH3 is 1. The van der Waals surface area contributed by atoms with Gasteiger partial charge in [0.25, 0.3) is 0 Å². The zero-order chi connectivity index (χ0) is 24.0. The van der Waals surface area contributed by atoms with Gasteiger partial charge in [0.15, 0.2) is 0 Å². The first-order valence-electron chi connectivity index (χ1n) is 11.7. The fraction of sp³-hybridized carbons (Fsp3) is 0.379. The Kier molecular flexibility index (Phi) is 8.15. The molecule has 1 heterocycles. The number of halogens is 1. The first kappa shape index (κ1) is 24.8. The normalized spacial score (nSPS) is 16.8. The first-order valence-corrected chi connectivity index (χ1v) is 11.7. The quantitative estimate of drug-likeness (QED) is 0.316. The van der Waals surface area contributed by atoms with Gasteiger partial charge in [0.1, 0.15) is 11.6 Å². The van der Waals surface area contributed by atoms with Gasteiger partial charge in [-0.1, -0.05) is 49.4 Å². The Morgan fingerprint density at radius 1 is 1.15 bits per heavy atom. The smallest absolute Gasteiger partial charge is 0.100 e. The van der Waals surface area contributed by atoms with Crippen molar-refractivity contribution in [3.05, 3.63) is 89.0 Å². The second kappa shape index (κ2) is 10.8. The third kappa shape index (κ3) is 6.35. The lowest BCUT2D eigenvalue weighted by Gasteiger charge is -2.34. The molecule has 0 saturated carbocycles. The molecule has 1 unspecified atom stereocenters. The van der Waals surface area contributed by atoms with E-state index < -0.39 is 0 Å². The van der Waals surface area contributed by atoms with Gasteiger partial charge in [-0.2, -0.15) is 0 Å². The molecular weight excluding hydrogens is 413 g/mol. The lowest BCUT2D eigenvalue weighted by molar-refractivity contribution is 0.106. The Labute approximate surface area is 198 Å². The summed E-state index contributed by atoms with van der Waals surface area (Å²) in [6.07, 6.45) is 4.95. The lowest BCUT2D eigenvalue weighted by atomic mass is 9.86. The van der Waals surface area contributed by atoms with Gasteiger partial charge in [-0.25, -0.2) is 4.39 Å². The van der Waals surface area contributed by atoms with Crippen LogP contribution in [0.3, 0.4) is 0 Å². The molecule has 2 aromatic rings. The van der Waals surface area contributed by atoms with Crippen molar-refractivity contribution >= 4 is 16.8 Å². The Morgan fingerprint density at radius 3 is 2.55 bits per heavy atom. The second-order valence-corrected chi connectivity index (χ2v) is 9.07. The first-order chi connectivity index (χ1) is 15.7. The highest BCUT2D eigenvalue weighted by molar-refractivity contribution is 5.87. The number of benzene rings is 2. The number of allylic oxidation sites excluding steroid dienone is 4. The molecule has 1 aliphatic heterocycles. The summed E-state index contributed by atoms with van der Waals surface area (Å²) in [5.74, 6) is 0.507. The fourth-order valence-electron chi connectivity index (χ4n) is 4.09. The van der Waals surface area contributed by atoms with Crippen LogP contribution in [0.15, 0.2) is 72.3 Å². The van der Waals surface area contributed by atoms with Crippen LogP contribution in [-0.4, -0.2) is 25.4 Å². The zero-order valence-corrected chi connectivity index (χ0v) is 20.7. The summed E-state index contributed by atoms with van der Waals surface area (Å²) < 4.78 is 26.0. The molecule has 0 bridgehead atoms. The molecule has 0 aromatic heterocycles. The molecule has 0 fully saturated rings. The molecular formula is C29H36FNO2. The average molecular weight is 450 g/mol. The lowest BCUT2D eigenvalue weighted by Crippen LogP contribution is -2.33. The van der Waals surface area contributed by atoms with Gasteiger partial charge in [-0.3, -0.25) is 0 Å². The Hall–Kier alpha value is -2.85. The van der Waals surface area contributed by atoms with Crippen molar-refractivity contribution in [2.75, 3.05) is 19.0 Å². The highest BCUT2D eigenvalue weighted by atomic mass is 19.1. The standard InChI is InChI=1S/C29H36FNO2/c1-7-24(30)18-25(20(2)32-6)23-13-14-28-26(17-23)27(19-29(4,5)31-28)21(3)33-16-15-22-11-9-8-10-12-22/h8-14,17-19,21,31H,7,15-16H2,1-6H3/b24-18+,25-20-. The summed E-state index contributed by atoms with van der Waals surface area (Å²) in [4.78, 5) is 0. The molecule has 33 heavy (non-hydrogen) atoms. The number of anilines is 1. The third-order valence-corrected chi connectivity index (χ3v) is 5.98. The molecule has 1 atom stereocenters. The molecule has 0 spiro atoms. The van der Waals surface area contributed by atoms with Crippen LogP contribution in [0, 0.1) is 0 Å². The summed E-state index contributed by atoms with van der Waals surface area (Å²) in [6.45, 7) is 10.7. The van der Waals surface area contributed by atoms with E-state index in [1.807, 2.05) is 19.1 Å². The van der Waals surface area contributed by atoms with E-state index in [1.165, 1.54) is 5.56 Å². The van der Waals surface area contributed by atoms with Crippen molar-refractivity contribution < 1.29 is 13.9 Å². The van der Waals surface area contributed by atoms with Crippen LogP contribution < -0.4 is 5.32 Å². The van der Waals surface area contributed by atoms with Crippen molar-refractivity contribution in [3.8, 4) is 0 Å². The summed E-state index contributed by atoms with van der Waals surface area (Å²) in [5.41, 5.74) is 6.00. The van der Waals surface area contributed by atoms with Gasteiger partial charge >= 0.3 is 0 Å². The van der Waals surface area contributed by atoms with Gasteiger partial charge in [-0.15, -0.1) is 0 Å². The minimum atomic E-state index is -0.198. The van der Waals surface area contributed by atoms with Gasteiger partial charge < -0.3 is 14.8 Å². The number of fused-ring (bicyclic) bond motifs is 1. The van der Waals surface area contributed by atoms with E-state index in [9.17, 15) is 4.39 Å². The van der Waals surface area contributed by atoms with E-state index in [-0.39, 0.29) is 17.5 Å². The Bertz CT molecular complexity index is 1050. The predicted octanol–water partition coefficient (Wildman–Crippen LogP) is 7.56. The maximum Gasteiger partial charge on any atom is 0.100 e. The fourth-order valence-corrected chi connectivity index (χ4v) is 4.09. The van der Waals surface area contributed by atoms with Crippen LogP contribution in [0.4, 0.5) is 10.1 Å². The largest absolute Gasteiger partial charge is 0.501 e. The molecule has 1 aliphatic rings. The van der Waals surface area contributed by atoms with Crippen LogP contribution >= 0.6 is 0 Å². The summed E-state index contributed by atoms with van der Waals surface area (Å²) in [7, 11) is 1.61. The van der Waals surface area contributed by atoms with E-state index in [1.54, 1.807) is 20.1 Å². The van der Waals surface area contributed by atoms with E-state index in [0.717, 1.165) is 34.4 Å². The maximum atomic E-state index is 14.2. The van der Waals surface area contributed by atoms with E-state index in [2.05, 4.69) is 68.6 Å². The summed E-state index contributed by atoms with van der Waals surface area (Å²) >= 11 is 0. The van der Waals surface area contributed by atoms with E-state index in [4.69, 9.17) is 9.47 Å². The SMILES string of the molecule is CC/C(F)=C\C(=C(/C)OC)c1ccc2c(c1)C(C(C)OCCc1ccccc1)=CC(C)(C)N2. The highest BCUT2D eigenvalue weighted by Gasteiger charge is 2.28.